The van der Waals surface area contributed by atoms with Crippen molar-refractivity contribution < 1.29 is 4.79 Å². The van der Waals surface area contributed by atoms with Crippen molar-refractivity contribution in [1.82, 2.24) is 5.32 Å². The van der Waals surface area contributed by atoms with Crippen molar-refractivity contribution in [3.05, 3.63) is 108 Å². The Hall–Kier alpha value is -2.87. The van der Waals surface area contributed by atoms with E-state index < -0.39 is 0 Å². The van der Waals surface area contributed by atoms with Crippen LogP contribution in [0, 0.1) is 0 Å². The lowest BCUT2D eigenvalue weighted by Crippen LogP contribution is -2.31. The van der Waals surface area contributed by atoms with Crippen LogP contribution < -0.4 is 5.32 Å². The summed E-state index contributed by atoms with van der Waals surface area (Å²) in [5, 5.41) is 3.19. The summed E-state index contributed by atoms with van der Waals surface area (Å²) in [5.74, 6) is 0.0472. The number of carbonyl (C=O) groups is 1. The van der Waals surface area contributed by atoms with Gasteiger partial charge in [0.1, 0.15) is 0 Å². The summed E-state index contributed by atoms with van der Waals surface area (Å²) in [5.41, 5.74) is 3.37. The highest BCUT2D eigenvalue weighted by Crippen LogP contribution is 2.18. The minimum atomic E-state index is -0.0233. The van der Waals surface area contributed by atoms with Gasteiger partial charge in [-0.15, -0.1) is 0 Å². The monoisotopic (exact) mass is 315 g/mol. The Morgan fingerprint density at radius 1 is 0.708 bits per heavy atom. The second-order valence-electron chi connectivity index (χ2n) is 5.88. The number of carbonyl (C=O) groups excluding carboxylic acids is 1. The maximum absolute atomic E-state index is 12.5. The Balaban J connectivity index is 1.73. The number of benzene rings is 3. The van der Waals surface area contributed by atoms with Gasteiger partial charge in [-0.1, -0.05) is 91.0 Å². The summed E-state index contributed by atoms with van der Waals surface area (Å²) in [6.45, 7) is 0. The fourth-order valence-corrected chi connectivity index (χ4v) is 2.81. The van der Waals surface area contributed by atoms with E-state index in [2.05, 4.69) is 29.6 Å². The quantitative estimate of drug-likeness (QED) is 0.721. The lowest BCUT2D eigenvalue weighted by Gasteiger charge is -2.19. The van der Waals surface area contributed by atoms with Crippen LogP contribution in [0.25, 0.3) is 0 Å². The highest BCUT2D eigenvalue weighted by atomic mass is 16.1. The fourth-order valence-electron chi connectivity index (χ4n) is 2.81. The standard InChI is InChI=1S/C22H21NO/c24-22(17-19-12-6-2-7-13-19)23-21(20-14-8-3-9-15-20)16-18-10-4-1-5-11-18/h1-15,21H,16-17H2,(H,23,24). The normalized spacial score (nSPS) is 11.7. The van der Waals surface area contributed by atoms with E-state index in [0.29, 0.717) is 6.42 Å². The van der Waals surface area contributed by atoms with Gasteiger partial charge >= 0.3 is 0 Å². The molecule has 3 aromatic rings. The zero-order valence-electron chi connectivity index (χ0n) is 13.6. The highest BCUT2D eigenvalue weighted by molar-refractivity contribution is 5.79. The molecule has 1 amide bonds. The van der Waals surface area contributed by atoms with E-state index in [1.165, 1.54) is 5.56 Å². The van der Waals surface area contributed by atoms with Crippen molar-refractivity contribution in [2.45, 2.75) is 18.9 Å². The van der Waals surface area contributed by atoms with Crippen LogP contribution in [-0.4, -0.2) is 5.91 Å². The Morgan fingerprint density at radius 2 is 1.21 bits per heavy atom. The van der Waals surface area contributed by atoms with Gasteiger partial charge < -0.3 is 5.32 Å². The van der Waals surface area contributed by atoms with Crippen LogP contribution in [-0.2, 0) is 17.6 Å². The molecule has 1 atom stereocenters. The van der Waals surface area contributed by atoms with Gasteiger partial charge in [-0.05, 0) is 23.1 Å². The zero-order valence-corrected chi connectivity index (χ0v) is 13.6. The molecule has 1 unspecified atom stereocenters. The molecule has 2 heteroatoms. The molecule has 0 fully saturated rings. The smallest absolute Gasteiger partial charge is 0.224 e. The van der Waals surface area contributed by atoms with Crippen LogP contribution >= 0.6 is 0 Å². The van der Waals surface area contributed by atoms with E-state index >= 15 is 0 Å². The molecule has 3 rings (SSSR count). The van der Waals surface area contributed by atoms with Gasteiger partial charge in [0.05, 0.1) is 12.5 Å². The first kappa shape index (κ1) is 16.0. The first-order valence-electron chi connectivity index (χ1n) is 8.23. The lowest BCUT2D eigenvalue weighted by molar-refractivity contribution is -0.121. The van der Waals surface area contributed by atoms with Gasteiger partial charge in [0.15, 0.2) is 0 Å². The van der Waals surface area contributed by atoms with Crippen molar-refractivity contribution >= 4 is 5.91 Å². The second-order valence-corrected chi connectivity index (χ2v) is 5.88. The van der Waals surface area contributed by atoms with Crippen molar-refractivity contribution in [3.8, 4) is 0 Å². The van der Waals surface area contributed by atoms with E-state index in [9.17, 15) is 4.79 Å². The van der Waals surface area contributed by atoms with Crippen LogP contribution in [0.15, 0.2) is 91.0 Å². The van der Waals surface area contributed by atoms with Gasteiger partial charge in [0.2, 0.25) is 5.91 Å². The zero-order chi connectivity index (χ0) is 16.6. The summed E-state index contributed by atoms with van der Waals surface area (Å²) in [6, 6.07) is 30.2. The number of hydrogen-bond donors (Lipinski definition) is 1. The van der Waals surface area contributed by atoms with Crippen molar-refractivity contribution in [3.63, 3.8) is 0 Å². The predicted octanol–water partition coefficient (Wildman–Crippen LogP) is 4.33. The minimum Gasteiger partial charge on any atom is -0.349 e. The van der Waals surface area contributed by atoms with E-state index in [4.69, 9.17) is 0 Å². The number of rotatable bonds is 6. The SMILES string of the molecule is O=C(Cc1ccccc1)NC(Cc1ccccc1)c1ccccc1. The van der Waals surface area contributed by atoms with Gasteiger partial charge in [-0.25, -0.2) is 0 Å². The Labute approximate surface area is 143 Å². The molecule has 0 spiro atoms. The molecule has 0 radical (unpaired) electrons. The van der Waals surface area contributed by atoms with Crippen LogP contribution in [0.2, 0.25) is 0 Å². The van der Waals surface area contributed by atoms with E-state index in [0.717, 1.165) is 17.5 Å². The van der Waals surface area contributed by atoms with E-state index in [1.807, 2.05) is 66.7 Å². The fraction of sp³-hybridized carbons (Fsp3) is 0.136. The number of amides is 1. The molecule has 3 aromatic carbocycles. The summed E-state index contributed by atoms with van der Waals surface area (Å²) in [6.07, 6.45) is 1.18. The van der Waals surface area contributed by atoms with E-state index in [1.54, 1.807) is 0 Å². The first-order valence-corrected chi connectivity index (χ1v) is 8.23. The third-order valence-corrected chi connectivity index (χ3v) is 4.03. The average Bonchev–Trinajstić information content (AvgIpc) is 2.63. The molecule has 0 aliphatic rings. The molecular weight excluding hydrogens is 294 g/mol. The summed E-state index contributed by atoms with van der Waals surface area (Å²) in [7, 11) is 0. The Bertz CT molecular complexity index is 754. The average molecular weight is 315 g/mol. The molecule has 1 N–H and O–H groups in total. The van der Waals surface area contributed by atoms with Gasteiger partial charge in [-0.2, -0.15) is 0 Å². The third-order valence-electron chi connectivity index (χ3n) is 4.03. The number of nitrogens with one attached hydrogen (secondary N) is 1. The summed E-state index contributed by atoms with van der Waals surface area (Å²) in [4.78, 5) is 12.5. The summed E-state index contributed by atoms with van der Waals surface area (Å²) < 4.78 is 0. The predicted molar refractivity (Wildman–Crippen MR) is 97.6 cm³/mol. The summed E-state index contributed by atoms with van der Waals surface area (Å²) >= 11 is 0. The maximum atomic E-state index is 12.5. The van der Waals surface area contributed by atoms with Crippen LogP contribution in [0.4, 0.5) is 0 Å². The Morgan fingerprint density at radius 3 is 1.79 bits per heavy atom. The lowest BCUT2D eigenvalue weighted by atomic mass is 9.98. The molecule has 0 bridgehead atoms. The highest BCUT2D eigenvalue weighted by Gasteiger charge is 2.15. The molecule has 0 aromatic heterocycles. The largest absolute Gasteiger partial charge is 0.349 e. The molecule has 0 aliphatic heterocycles. The van der Waals surface area contributed by atoms with Gasteiger partial charge in [-0.3, -0.25) is 4.79 Å². The molecule has 0 aliphatic carbocycles. The van der Waals surface area contributed by atoms with E-state index in [-0.39, 0.29) is 11.9 Å². The van der Waals surface area contributed by atoms with Crippen molar-refractivity contribution in [1.29, 1.82) is 0 Å². The van der Waals surface area contributed by atoms with Crippen LogP contribution in [0.5, 0.6) is 0 Å². The molecule has 0 saturated heterocycles. The molecule has 2 nitrogen and oxygen atoms in total. The topological polar surface area (TPSA) is 29.1 Å². The molecule has 24 heavy (non-hydrogen) atoms. The molecule has 0 heterocycles. The maximum Gasteiger partial charge on any atom is 0.224 e. The van der Waals surface area contributed by atoms with Crippen LogP contribution in [0.3, 0.4) is 0 Å². The molecular formula is C22H21NO. The van der Waals surface area contributed by atoms with Gasteiger partial charge in [0, 0.05) is 0 Å². The molecule has 120 valence electrons. The van der Waals surface area contributed by atoms with Crippen LogP contribution in [0.1, 0.15) is 22.7 Å². The first-order chi connectivity index (χ1) is 11.8. The number of hydrogen-bond acceptors (Lipinski definition) is 1. The van der Waals surface area contributed by atoms with Crippen molar-refractivity contribution in [2.24, 2.45) is 0 Å². The second kappa shape index (κ2) is 8.11. The minimum absolute atomic E-state index is 0.0233. The molecule has 0 saturated carbocycles. The van der Waals surface area contributed by atoms with Gasteiger partial charge in [0.25, 0.3) is 0 Å². The third kappa shape index (κ3) is 4.56. The Kier molecular flexibility index (Phi) is 5.41. The van der Waals surface area contributed by atoms with Crippen molar-refractivity contribution in [2.75, 3.05) is 0 Å².